The topological polar surface area (TPSA) is 114 Å². The number of amides is 2. The molecule has 2 aromatic carbocycles. The lowest BCUT2D eigenvalue weighted by atomic mass is 10.1. The minimum absolute atomic E-state index is 0.0385. The molecular weight excluding hydrogens is 488 g/mol. The first-order valence-corrected chi connectivity index (χ1v) is 10.3. The van der Waals surface area contributed by atoms with Crippen molar-refractivity contribution >= 4 is 57.1 Å². The highest BCUT2D eigenvalue weighted by Gasteiger charge is 2.26. The van der Waals surface area contributed by atoms with E-state index in [1.807, 2.05) is 6.92 Å². The molecule has 31 heavy (non-hydrogen) atoms. The summed E-state index contributed by atoms with van der Waals surface area (Å²) in [5, 5.41) is 13.7. The number of rotatable bonds is 7. The Balaban J connectivity index is 1.85. The first-order valence-electron chi connectivity index (χ1n) is 9.08. The van der Waals surface area contributed by atoms with Crippen molar-refractivity contribution in [2.45, 2.75) is 13.5 Å². The van der Waals surface area contributed by atoms with Crippen LogP contribution in [-0.2, 0) is 16.2 Å². The number of ether oxygens (including phenoxy) is 2. The van der Waals surface area contributed by atoms with Gasteiger partial charge in [0.25, 0.3) is 11.8 Å². The summed E-state index contributed by atoms with van der Waals surface area (Å²) >= 11 is 8.24. The van der Waals surface area contributed by atoms with Gasteiger partial charge in [0.2, 0.25) is 0 Å². The predicted molar refractivity (Wildman–Crippen MR) is 120 cm³/mol. The summed E-state index contributed by atoms with van der Waals surface area (Å²) in [6.45, 7) is 2.36. The molecule has 1 saturated heterocycles. The molecule has 3 N–H and O–H groups in total. The van der Waals surface area contributed by atoms with Gasteiger partial charge in [0.05, 0.1) is 16.6 Å². The van der Waals surface area contributed by atoms with E-state index in [1.54, 1.807) is 24.3 Å². The van der Waals surface area contributed by atoms with E-state index in [4.69, 9.17) is 26.8 Å². The van der Waals surface area contributed by atoms with Gasteiger partial charge in [-0.2, -0.15) is 0 Å². The van der Waals surface area contributed by atoms with Gasteiger partial charge in [0, 0.05) is 0 Å². The van der Waals surface area contributed by atoms with Crippen molar-refractivity contribution in [1.82, 2.24) is 10.6 Å². The summed E-state index contributed by atoms with van der Waals surface area (Å²) in [4.78, 5) is 35.1. The highest BCUT2D eigenvalue weighted by molar-refractivity contribution is 9.10. The highest BCUT2D eigenvalue weighted by Crippen LogP contribution is 2.38. The van der Waals surface area contributed by atoms with Crippen LogP contribution in [0, 0.1) is 0 Å². The quantitative estimate of drug-likeness (QED) is 0.301. The van der Waals surface area contributed by atoms with Gasteiger partial charge in [-0.3, -0.25) is 20.2 Å². The number of halogens is 1. The SMILES string of the molecule is CCOc1cc(C=C2C(=O)NC(=S)NC2=O)cc(Br)c1OCc1ccc(C(=O)O)cc1. The van der Waals surface area contributed by atoms with Gasteiger partial charge in [-0.15, -0.1) is 0 Å². The summed E-state index contributed by atoms with van der Waals surface area (Å²) < 4.78 is 12.1. The van der Waals surface area contributed by atoms with Crippen molar-refractivity contribution in [3.8, 4) is 11.5 Å². The van der Waals surface area contributed by atoms with E-state index in [-0.39, 0.29) is 22.9 Å². The molecule has 1 aliphatic heterocycles. The normalized spacial score (nSPS) is 13.4. The maximum atomic E-state index is 12.1. The maximum absolute atomic E-state index is 12.1. The Kier molecular flexibility index (Phi) is 7.03. The number of thiocarbonyl (C=S) groups is 1. The minimum atomic E-state index is -0.999. The maximum Gasteiger partial charge on any atom is 0.335 e. The van der Waals surface area contributed by atoms with Gasteiger partial charge in [0.1, 0.15) is 12.2 Å². The summed E-state index contributed by atoms with van der Waals surface area (Å²) in [6, 6.07) is 9.67. The van der Waals surface area contributed by atoms with Crippen LogP contribution in [0.25, 0.3) is 6.08 Å². The third-order valence-electron chi connectivity index (χ3n) is 4.17. The lowest BCUT2D eigenvalue weighted by molar-refractivity contribution is -0.123. The van der Waals surface area contributed by atoms with E-state index >= 15 is 0 Å². The van der Waals surface area contributed by atoms with Crippen LogP contribution in [0.1, 0.15) is 28.4 Å². The highest BCUT2D eigenvalue weighted by atomic mass is 79.9. The smallest absolute Gasteiger partial charge is 0.335 e. The van der Waals surface area contributed by atoms with Gasteiger partial charge >= 0.3 is 5.97 Å². The van der Waals surface area contributed by atoms with E-state index < -0.39 is 17.8 Å². The van der Waals surface area contributed by atoms with Crippen molar-refractivity contribution < 1.29 is 29.0 Å². The molecule has 1 aliphatic rings. The van der Waals surface area contributed by atoms with Crippen LogP contribution in [-0.4, -0.2) is 34.6 Å². The molecule has 8 nitrogen and oxygen atoms in total. The van der Waals surface area contributed by atoms with E-state index in [0.717, 1.165) is 5.56 Å². The molecule has 0 atom stereocenters. The molecular formula is C21H17BrN2O6S. The zero-order chi connectivity index (χ0) is 22.5. The zero-order valence-electron chi connectivity index (χ0n) is 16.2. The number of hydrogen-bond acceptors (Lipinski definition) is 6. The minimum Gasteiger partial charge on any atom is -0.490 e. The summed E-state index contributed by atoms with van der Waals surface area (Å²) in [7, 11) is 0. The summed E-state index contributed by atoms with van der Waals surface area (Å²) in [5.74, 6) is -1.33. The number of aromatic carboxylic acids is 1. The van der Waals surface area contributed by atoms with Crippen molar-refractivity contribution in [3.05, 3.63) is 63.1 Å². The van der Waals surface area contributed by atoms with Crippen LogP contribution >= 0.6 is 28.1 Å². The van der Waals surface area contributed by atoms with Crippen LogP contribution in [0.2, 0.25) is 0 Å². The Morgan fingerprint density at radius 3 is 2.35 bits per heavy atom. The van der Waals surface area contributed by atoms with Gasteiger partial charge in [-0.05, 0) is 76.5 Å². The monoisotopic (exact) mass is 504 g/mol. The lowest BCUT2D eigenvalue weighted by Gasteiger charge is -2.17. The summed E-state index contributed by atoms with van der Waals surface area (Å²) in [5.41, 5.74) is 1.42. The fraction of sp³-hybridized carbons (Fsp3) is 0.143. The van der Waals surface area contributed by atoms with E-state index in [0.29, 0.717) is 28.1 Å². The molecule has 10 heteroatoms. The summed E-state index contributed by atoms with van der Waals surface area (Å²) in [6.07, 6.45) is 1.42. The number of benzene rings is 2. The molecule has 1 heterocycles. The predicted octanol–water partition coefficient (Wildman–Crippen LogP) is 3.04. The fourth-order valence-corrected chi connectivity index (χ4v) is 3.51. The molecule has 160 valence electrons. The van der Waals surface area contributed by atoms with Crippen molar-refractivity contribution in [3.63, 3.8) is 0 Å². The van der Waals surface area contributed by atoms with Crippen LogP contribution in [0.5, 0.6) is 11.5 Å². The van der Waals surface area contributed by atoms with Gasteiger partial charge < -0.3 is 14.6 Å². The van der Waals surface area contributed by atoms with Crippen molar-refractivity contribution in [2.75, 3.05) is 6.61 Å². The molecule has 1 fully saturated rings. The second-order valence-electron chi connectivity index (χ2n) is 6.35. The standard InChI is InChI=1S/C21H17BrN2O6S/c1-2-29-16-9-12(7-14-18(25)23-21(31)24-19(14)26)8-15(22)17(16)30-10-11-3-5-13(6-4-11)20(27)28/h3-9H,2,10H2,1H3,(H,27,28)(H2,23,24,25,26,31). The lowest BCUT2D eigenvalue weighted by Crippen LogP contribution is -2.51. The molecule has 0 saturated carbocycles. The van der Waals surface area contributed by atoms with E-state index in [9.17, 15) is 14.4 Å². The second kappa shape index (κ2) is 9.71. The average Bonchev–Trinajstić information content (AvgIpc) is 2.70. The number of carbonyl (C=O) groups is 3. The number of carboxylic acids is 1. The Bertz CT molecular complexity index is 1080. The van der Waals surface area contributed by atoms with Gasteiger partial charge in [-0.25, -0.2) is 4.79 Å². The molecule has 0 spiro atoms. The van der Waals surface area contributed by atoms with Crippen LogP contribution in [0.4, 0.5) is 0 Å². The Labute approximate surface area is 191 Å². The second-order valence-corrected chi connectivity index (χ2v) is 7.61. The molecule has 0 aliphatic carbocycles. The first-order chi connectivity index (χ1) is 14.8. The molecule has 0 bridgehead atoms. The Morgan fingerprint density at radius 1 is 1.13 bits per heavy atom. The molecule has 3 rings (SSSR count). The third-order valence-corrected chi connectivity index (χ3v) is 4.96. The first kappa shape index (κ1) is 22.4. The van der Waals surface area contributed by atoms with Gasteiger partial charge in [-0.1, -0.05) is 12.1 Å². The molecule has 0 radical (unpaired) electrons. The van der Waals surface area contributed by atoms with Crippen LogP contribution in [0.3, 0.4) is 0 Å². The van der Waals surface area contributed by atoms with Crippen molar-refractivity contribution in [1.29, 1.82) is 0 Å². The molecule has 0 aromatic heterocycles. The number of carboxylic acid groups (broad SMARTS) is 1. The molecule has 2 amide bonds. The fourth-order valence-electron chi connectivity index (χ4n) is 2.75. The number of nitrogens with one attached hydrogen (secondary N) is 2. The third kappa shape index (κ3) is 5.47. The van der Waals surface area contributed by atoms with E-state index in [1.165, 1.54) is 18.2 Å². The van der Waals surface area contributed by atoms with Gasteiger partial charge in [0.15, 0.2) is 16.6 Å². The number of hydrogen-bond donors (Lipinski definition) is 3. The van der Waals surface area contributed by atoms with Crippen LogP contribution in [0.15, 0.2) is 46.4 Å². The van der Waals surface area contributed by atoms with Crippen LogP contribution < -0.4 is 20.1 Å². The van der Waals surface area contributed by atoms with E-state index in [2.05, 4.69) is 26.6 Å². The Hall–Kier alpha value is -3.24. The number of carbonyl (C=O) groups excluding carboxylic acids is 2. The zero-order valence-corrected chi connectivity index (χ0v) is 18.6. The van der Waals surface area contributed by atoms with Crippen molar-refractivity contribution in [2.24, 2.45) is 0 Å². The Morgan fingerprint density at radius 2 is 1.77 bits per heavy atom. The average molecular weight is 505 g/mol. The molecule has 2 aromatic rings. The molecule has 0 unspecified atom stereocenters. The largest absolute Gasteiger partial charge is 0.490 e.